The molecule has 0 saturated heterocycles. The summed E-state index contributed by atoms with van der Waals surface area (Å²) in [5.74, 6) is 1.88. The molecule has 1 N–H and O–H groups in total. The summed E-state index contributed by atoms with van der Waals surface area (Å²) < 4.78 is 0. The highest BCUT2D eigenvalue weighted by atomic mass is 15.0. The Morgan fingerprint density at radius 3 is 2.36 bits per heavy atom. The van der Waals surface area contributed by atoms with Crippen molar-refractivity contribution in [3.05, 3.63) is 0 Å². The van der Waals surface area contributed by atoms with Crippen LogP contribution >= 0.6 is 0 Å². The molecule has 0 aromatic carbocycles. The fourth-order valence-electron chi connectivity index (χ4n) is 3.23. The van der Waals surface area contributed by atoms with E-state index in [0.717, 1.165) is 23.9 Å². The van der Waals surface area contributed by atoms with Gasteiger partial charge in [0.25, 0.3) is 0 Å². The quantitative estimate of drug-likeness (QED) is 0.712. The molecular weight excluding hydrogens is 170 g/mol. The Morgan fingerprint density at radius 2 is 1.71 bits per heavy atom. The second kappa shape index (κ2) is 4.65. The van der Waals surface area contributed by atoms with Gasteiger partial charge >= 0.3 is 0 Å². The maximum absolute atomic E-state index is 3.90. The third kappa shape index (κ3) is 2.50. The monoisotopic (exact) mass is 195 g/mol. The van der Waals surface area contributed by atoms with E-state index >= 15 is 0 Å². The van der Waals surface area contributed by atoms with Crippen LogP contribution in [0.25, 0.3) is 0 Å². The first-order chi connectivity index (χ1) is 6.75. The van der Waals surface area contributed by atoms with E-state index in [4.69, 9.17) is 0 Å². The standard InChI is InChI=1S/C13H25N/c1-10-7-8-12(9-10)14-13-6-4-3-5-11(13)2/h10-14H,3-9H2,1-2H3/t10-,11-,12+,13-/m1/s1. The zero-order chi connectivity index (χ0) is 9.97. The molecule has 0 radical (unpaired) electrons. The van der Waals surface area contributed by atoms with E-state index in [1.165, 1.54) is 44.9 Å². The highest BCUT2D eigenvalue weighted by Gasteiger charge is 2.27. The summed E-state index contributed by atoms with van der Waals surface area (Å²) in [4.78, 5) is 0. The van der Waals surface area contributed by atoms with Crippen molar-refractivity contribution in [2.45, 2.75) is 70.9 Å². The van der Waals surface area contributed by atoms with E-state index in [1.807, 2.05) is 0 Å². The molecule has 0 aromatic heterocycles. The van der Waals surface area contributed by atoms with Gasteiger partial charge in [0.05, 0.1) is 0 Å². The van der Waals surface area contributed by atoms with Crippen LogP contribution in [0.15, 0.2) is 0 Å². The Morgan fingerprint density at radius 1 is 0.929 bits per heavy atom. The van der Waals surface area contributed by atoms with Gasteiger partial charge in [0.15, 0.2) is 0 Å². The van der Waals surface area contributed by atoms with Crippen LogP contribution in [-0.4, -0.2) is 12.1 Å². The maximum Gasteiger partial charge on any atom is 0.00952 e. The molecule has 0 aliphatic heterocycles. The molecule has 1 nitrogen and oxygen atoms in total. The van der Waals surface area contributed by atoms with Crippen molar-refractivity contribution in [1.29, 1.82) is 0 Å². The minimum absolute atomic E-state index is 0.832. The largest absolute Gasteiger partial charge is 0.311 e. The topological polar surface area (TPSA) is 12.0 Å². The molecule has 2 rings (SSSR count). The second-order valence-electron chi connectivity index (χ2n) is 5.65. The molecule has 0 aromatic rings. The van der Waals surface area contributed by atoms with E-state index in [-0.39, 0.29) is 0 Å². The number of rotatable bonds is 2. The highest BCUT2D eigenvalue weighted by Crippen LogP contribution is 2.29. The Hall–Kier alpha value is -0.0400. The van der Waals surface area contributed by atoms with Gasteiger partial charge in [-0.3, -0.25) is 0 Å². The normalized spacial score (nSPS) is 44.1. The first-order valence-electron chi connectivity index (χ1n) is 6.51. The summed E-state index contributed by atoms with van der Waals surface area (Å²) in [5.41, 5.74) is 0. The van der Waals surface area contributed by atoms with E-state index in [9.17, 15) is 0 Å². The molecule has 0 bridgehead atoms. The molecule has 0 amide bonds. The molecule has 2 fully saturated rings. The summed E-state index contributed by atoms with van der Waals surface area (Å²) in [6.45, 7) is 4.82. The van der Waals surface area contributed by atoms with Crippen molar-refractivity contribution in [1.82, 2.24) is 5.32 Å². The van der Waals surface area contributed by atoms with E-state index in [1.54, 1.807) is 0 Å². The SMILES string of the molecule is C[C@@H]1CC[C@H](N[C@@H]2CCCC[C@H]2C)C1. The van der Waals surface area contributed by atoms with Crippen LogP contribution in [0.3, 0.4) is 0 Å². The molecule has 0 spiro atoms. The van der Waals surface area contributed by atoms with Crippen molar-refractivity contribution in [3.63, 3.8) is 0 Å². The third-order valence-electron chi connectivity index (χ3n) is 4.26. The molecule has 2 saturated carbocycles. The van der Waals surface area contributed by atoms with Crippen LogP contribution in [0, 0.1) is 11.8 Å². The molecule has 14 heavy (non-hydrogen) atoms. The summed E-state index contributed by atoms with van der Waals surface area (Å²) in [6, 6.07) is 1.68. The average molecular weight is 195 g/mol. The minimum atomic E-state index is 0.832. The van der Waals surface area contributed by atoms with E-state index in [2.05, 4.69) is 19.2 Å². The fourth-order valence-corrected chi connectivity index (χ4v) is 3.23. The smallest absolute Gasteiger partial charge is 0.00952 e. The zero-order valence-electron chi connectivity index (χ0n) is 9.76. The van der Waals surface area contributed by atoms with Crippen LogP contribution in [0.1, 0.15) is 58.8 Å². The Kier molecular flexibility index (Phi) is 3.48. The molecule has 0 heterocycles. The van der Waals surface area contributed by atoms with Crippen molar-refractivity contribution in [2.75, 3.05) is 0 Å². The van der Waals surface area contributed by atoms with Crippen molar-refractivity contribution in [3.8, 4) is 0 Å². The van der Waals surface area contributed by atoms with Crippen LogP contribution in [-0.2, 0) is 0 Å². The van der Waals surface area contributed by atoms with Crippen molar-refractivity contribution in [2.24, 2.45) is 11.8 Å². The number of nitrogens with one attached hydrogen (secondary N) is 1. The van der Waals surface area contributed by atoms with Gasteiger partial charge in [0.2, 0.25) is 0 Å². The molecule has 1 heteroatoms. The molecule has 4 atom stereocenters. The van der Waals surface area contributed by atoms with Gasteiger partial charge < -0.3 is 5.32 Å². The first-order valence-corrected chi connectivity index (χ1v) is 6.51. The Balaban J connectivity index is 1.78. The lowest BCUT2D eigenvalue weighted by Gasteiger charge is -2.32. The summed E-state index contributed by atoms with van der Waals surface area (Å²) in [7, 11) is 0. The van der Waals surface area contributed by atoms with Crippen molar-refractivity contribution < 1.29 is 0 Å². The lowest BCUT2D eigenvalue weighted by atomic mass is 9.85. The van der Waals surface area contributed by atoms with Crippen molar-refractivity contribution >= 4 is 0 Å². The minimum Gasteiger partial charge on any atom is -0.311 e. The average Bonchev–Trinajstić information content (AvgIpc) is 2.56. The van der Waals surface area contributed by atoms with Crippen LogP contribution < -0.4 is 5.32 Å². The molecule has 2 aliphatic carbocycles. The van der Waals surface area contributed by atoms with Crippen LogP contribution in [0.2, 0.25) is 0 Å². The Labute approximate surface area is 88.7 Å². The van der Waals surface area contributed by atoms with E-state index in [0.29, 0.717) is 0 Å². The highest BCUT2D eigenvalue weighted by molar-refractivity contribution is 4.85. The molecule has 0 unspecified atom stereocenters. The number of hydrogen-bond donors (Lipinski definition) is 1. The van der Waals surface area contributed by atoms with Gasteiger partial charge in [-0.15, -0.1) is 0 Å². The van der Waals surface area contributed by atoms with Crippen LogP contribution in [0.4, 0.5) is 0 Å². The van der Waals surface area contributed by atoms with Gasteiger partial charge in [0, 0.05) is 12.1 Å². The maximum atomic E-state index is 3.90. The second-order valence-corrected chi connectivity index (χ2v) is 5.65. The van der Waals surface area contributed by atoms with E-state index < -0.39 is 0 Å². The van der Waals surface area contributed by atoms with Gasteiger partial charge in [-0.2, -0.15) is 0 Å². The predicted molar refractivity (Wildman–Crippen MR) is 61.4 cm³/mol. The van der Waals surface area contributed by atoms with Gasteiger partial charge in [-0.25, -0.2) is 0 Å². The lowest BCUT2D eigenvalue weighted by Crippen LogP contribution is -2.42. The summed E-state index contributed by atoms with van der Waals surface area (Å²) in [5, 5.41) is 3.90. The first kappa shape index (κ1) is 10.5. The Bertz CT molecular complexity index is 178. The zero-order valence-corrected chi connectivity index (χ0v) is 9.76. The predicted octanol–water partition coefficient (Wildman–Crippen LogP) is 3.34. The molecule has 2 aliphatic rings. The van der Waals surface area contributed by atoms with Gasteiger partial charge in [-0.05, 0) is 43.9 Å². The summed E-state index contributed by atoms with van der Waals surface area (Å²) >= 11 is 0. The fraction of sp³-hybridized carbons (Fsp3) is 1.00. The van der Waals surface area contributed by atoms with Crippen LogP contribution in [0.5, 0.6) is 0 Å². The van der Waals surface area contributed by atoms with Gasteiger partial charge in [0.1, 0.15) is 0 Å². The number of hydrogen-bond acceptors (Lipinski definition) is 1. The summed E-state index contributed by atoms with van der Waals surface area (Å²) in [6.07, 6.45) is 10.1. The third-order valence-corrected chi connectivity index (χ3v) is 4.26. The molecule has 82 valence electrons. The lowest BCUT2D eigenvalue weighted by molar-refractivity contribution is 0.257. The van der Waals surface area contributed by atoms with Gasteiger partial charge in [-0.1, -0.05) is 26.7 Å². The molecular formula is C13H25N.